The van der Waals surface area contributed by atoms with Crippen LogP contribution in [0.1, 0.15) is 31.2 Å². The number of carbonyl (C=O) groups excluding carboxylic acids is 1. The van der Waals surface area contributed by atoms with Gasteiger partial charge in [0, 0.05) is 12.0 Å². The summed E-state index contributed by atoms with van der Waals surface area (Å²) in [6.45, 7) is 1.68. The minimum absolute atomic E-state index is 0.0735. The molecule has 4 nitrogen and oxygen atoms in total. The molecule has 0 aliphatic heterocycles. The van der Waals surface area contributed by atoms with Crippen LogP contribution in [0.15, 0.2) is 18.2 Å². The quantitative estimate of drug-likeness (QED) is 0.877. The van der Waals surface area contributed by atoms with Gasteiger partial charge in [-0.25, -0.2) is 0 Å². The summed E-state index contributed by atoms with van der Waals surface area (Å²) >= 11 is 11.8. The van der Waals surface area contributed by atoms with Gasteiger partial charge in [-0.15, -0.1) is 0 Å². The monoisotopic (exact) mass is 315 g/mol. The fourth-order valence-corrected chi connectivity index (χ4v) is 2.57. The second kappa shape index (κ2) is 6.02. The van der Waals surface area contributed by atoms with Crippen LogP contribution in [0.5, 0.6) is 0 Å². The normalized spacial score (nSPS) is 22.1. The number of carbonyl (C=O) groups is 2. The van der Waals surface area contributed by atoms with Gasteiger partial charge in [0.05, 0.1) is 16.5 Å². The Kier molecular flexibility index (Phi) is 4.55. The standard InChI is InChI=1S/C14H15Cl2NO3/c1-7(4-13(18)19)17-14(20)10-6-9(10)8-2-3-11(15)12(16)5-8/h2-3,5,7,9-10H,4,6H2,1H3,(H,17,20)(H,18,19). The molecular weight excluding hydrogens is 301 g/mol. The van der Waals surface area contributed by atoms with Crippen LogP contribution >= 0.6 is 23.2 Å². The summed E-state index contributed by atoms with van der Waals surface area (Å²) in [6, 6.07) is 5.00. The SMILES string of the molecule is CC(CC(=O)O)NC(=O)C1CC1c1ccc(Cl)c(Cl)c1. The Bertz CT molecular complexity index is 547. The third kappa shape index (κ3) is 3.64. The Morgan fingerprint density at radius 1 is 1.40 bits per heavy atom. The Labute approximate surface area is 127 Å². The predicted octanol–water partition coefficient (Wildman–Crippen LogP) is 3.08. The summed E-state index contributed by atoms with van der Waals surface area (Å²) < 4.78 is 0. The van der Waals surface area contributed by atoms with Crippen LogP contribution < -0.4 is 5.32 Å². The zero-order chi connectivity index (χ0) is 14.9. The number of aliphatic carboxylic acids is 1. The lowest BCUT2D eigenvalue weighted by atomic mass is 10.1. The van der Waals surface area contributed by atoms with Crippen LogP contribution in [0.3, 0.4) is 0 Å². The number of carboxylic acid groups (broad SMARTS) is 1. The van der Waals surface area contributed by atoms with Crippen molar-refractivity contribution >= 4 is 35.1 Å². The second-order valence-corrected chi connectivity index (χ2v) is 5.94. The van der Waals surface area contributed by atoms with Gasteiger partial charge >= 0.3 is 5.97 Å². The molecule has 2 N–H and O–H groups in total. The van der Waals surface area contributed by atoms with Crippen molar-refractivity contribution in [1.29, 1.82) is 0 Å². The van der Waals surface area contributed by atoms with Crippen LogP contribution in [-0.4, -0.2) is 23.0 Å². The maximum absolute atomic E-state index is 12.0. The Balaban J connectivity index is 1.92. The first-order valence-electron chi connectivity index (χ1n) is 6.35. The van der Waals surface area contributed by atoms with Crippen molar-refractivity contribution in [2.24, 2.45) is 5.92 Å². The molecule has 6 heteroatoms. The van der Waals surface area contributed by atoms with Crippen molar-refractivity contribution < 1.29 is 14.7 Å². The molecule has 1 aliphatic carbocycles. The molecule has 1 aromatic rings. The lowest BCUT2D eigenvalue weighted by Gasteiger charge is -2.11. The molecule has 1 saturated carbocycles. The van der Waals surface area contributed by atoms with E-state index < -0.39 is 5.97 Å². The number of hydrogen-bond acceptors (Lipinski definition) is 2. The van der Waals surface area contributed by atoms with Crippen molar-refractivity contribution in [1.82, 2.24) is 5.32 Å². The number of halogens is 2. The number of carboxylic acids is 1. The topological polar surface area (TPSA) is 66.4 Å². The molecule has 20 heavy (non-hydrogen) atoms. The highest BCUT2D eigenvalue weighted by Crippen LogP contribution is 2.48. The molecule has 0 heterocycles. The van der Waals surface area contributed by atoms with Gasteiger partial charge in [-0.05, 0) is 37.0 Å². The first-order valence-corrected chi connectivity index (χ1v) is 7.11. The molecule has 3 unspecified atom stereocenters. The first kappa shape index (κ1) is 15.1. The van der Waals surface area contributed by atoms with Crippen LogP contribution in [0.25, 0.3) is 0 Å². The van der Waals surface area contributed by atoms with E-state index >= 15 is 0 Å². The molecule has 1 aromatic carbocycles. The molecule has 0 saturated heterocycles. The van der Waals surface area contributed by atoms with Gasteiger partial charge in [-0.2, -0.15) is 0 Å². The molecule has 0 radical (unpaired) electrons. The van der Waals surface area contributed by atoms with E-state index in [9.17, 15) is 9.59 Å². The van der Waals surface area contributed by atoms with Gasteiger partial charge < -0.3 is 10.4 Å². The first-order chi connectivity index (χ1) is 9.38. The average Bonchev–Trinajstić information content (AvgIpc) is 3.11. The van der Waals surface area contributed by atoms with Gasteiger partial charge in [0.1, 0.15) is 0 Å². The zero-order valence-corrected chi connectivity index (χ0v) is 12.4. The minimum Gasteiger partial charge on any atom is -0.481 e. The minimum atomic E-state index is -0.922. The second-order valence-electron chi connectivity index (χ2n) is 5.13. The molecule has 3 atom stereocenters. The van der Waals surface area contributed by atoms with Crippen molar-refractivity contribution in [2.45, 2.75) is 31.7 Å². The van der Waals surface area contributed by atoms with Gasteiger partial charge in [0.2, 0.25) is 5.91 Å². The Morgan fingerprint density at radius 3 is 2.70 bits per heavy atom. The number of benzene rings is 1. The summed E-state index contributed by atoms with van der Waals surface area (Å²) in [6.07, 6.45) is 0.680. The molecule has 1 amide bonds. The maximum Gasteiger partial charge on any atom is 0.305 e. The number of amides is 1. The van der Waals surface area contributed by atoms with Crippen molar-refractivity contribution in [3.63, 3.8) is 0 Å². The smallest absolute Gasteiger partial charge is 0.305 e. The van der Waals surface area contributed by atoms with E-state index in [0.29, 0.717) is 10.0 Å². The molecule has 0 spiro atoms. The molecular formula is C14H15Cl2NO3. The highest BCUT2D eigenvalue weighted by molar-refractivity contribution is 6.42. The molecule has 108 valence electrons. The van der Waals surface area contributed by atoms with Crippen molar-refractivity contribution in [3.8, 4) is 0 Å². The fourth-order valence-electron chi connectivity index (χ4n) is 2.26. The van der Waals surface area contributed by atoms with E-state index in [1.54, 1.807) is 19.1 Å². The van der Waals surface area contributed by atoms with Gasteiger partial charge in [0.15, 0.2) is 0 Å². The molecule has 1 aliphatic rings. The van der Waals surface area contributed by atoms with E-state index in [1.807, 2.05) is 6.07 Å². The van der Waals surface area contributed by atoms with Crippen LogP contribution in [-0.2, 0) is 9.59 Å². The third-order valence-corrected chi connectivity index (χ3v) is 4.11. The van der Waals surface area contributed by atoms with E-state index in [1.165, 1.54) is 0 Å². The third-order valence-electron chi connectivity index (χ3n) is 3.37. The molecule has 0 bridgehead atoms. The van der Waals surface area contributed by atoms with Crippen LogP contribution in [0.4, 0.5) is 0 Å². The highest BCUT2D eigenvalue weighted by atomic mass is 35.5. The van der Waals surface area contributed by atoms with Crippen LogP contribution in [0, 0.1) is 5.92 Å². The predicted molar refractivity (Wildman–Crippen MR) is 77.2 cm³/mol. The van der Waals surface area contributed by atoms with Crippen molar-refractivity contribution in [2.75, 3.05) is 0 Å². The lowest BCUT2D eigenvalue weighted by Crippen LogP contribution is -2.35. The highest BCUT2D eigenvalue weighted by Gasteiger charge is 2.44. The maximum atomic E-state index is 12.0. The molecule has 1 fully saturated rings. The Morgan fingerprint density at radius 2 is 2.10 bits per heavy atom. The van der Waals surface area contributed by atoms with Gasteiger partial charge in [-0.1, -0.05) is 29.3 Å². The summed E-state index contributed by atoms with van der Waals surface area (Å²) in [4.78, 5) is 22.5. The fraction of sp³-hybridized carbons (Fsp3) is 0.429. The van der Waals surface area contributed by atoms with E-state index in [4.69, 9.17) is 28.3 Å². The van der Waals surface area contributed by atoms with E-state index in [0.717, 1.165) is 12.0 Å². The number of nitrogens with one attached hydrogen (secondary N) is 1. The Hall–Kier alpha value is -1.26. The molecule has 2 rings (SSSR count). The van der Waals surface area contributed by atoms with E-state index in [-0.39, 0.29) is 30.2 Å². The lowest BCUT2D eigenvalue weighted by molar-refractivity contribution is -0.137. The summed E-state index contributed by atoms with van der Waals surface area (Å²) in [5, 5.41) is 12.4. The summed E-state index contributed by atoms with van der Waals surface area (Å²) in [7, 11) is 0. The molecule has 0 aromatic heterocycles. The largest absolute Gasteiger partial charge is 0.481 e. The summed E-state index contributed by atoms with van der Waals surface area (Å²) in [5.41, 5.74) is 0.991. The summed E-state index contributed by atoms with van der Waals surface area (Å²) in [5.74, 6) is -0.991. The van der Waals surface area contributed by atoms with Crippen LogP contribution in [0.2, 0.25) is 10.0 Å². The average molecular weight is 316 g/mol. The van der Waals surface area contributed by atoms with Gasteiger partial charge in [0.25, 0.3) is 0 Å². The van der Waals surface area contributed by atoms with Gasteiger partial charge in [-0.3, -0.25) is 9.59 Å². The number of hydrogen-bond donors (Lipinski definition) is 2. The van der Waals surface area contributed by atoms with E-state index in [2.05, 4.69) is 5.32 Å². The zero-order valence-electron chi connectivity index (χ0n) is 10.9. The van der Waals surface area contributed by atoms with Crippen molar-refractivity contribution in [3.05, 3.63) is 33.8 Å². The number of rotatable bonds is 5.